The quantitative estimate of drug-likeness (QED) is 0.571. The summed E-state index contributed by atoms with van der Waals surface area (Å²) < 4.78 is 6.30. The van der Waals surface area contributed by atoms with Gasteiger partial charge in [0.15, 0.2) is 8.32 Å². The molecule has 0 radical (unpaired) electrons. The molecule has 0 rings (SSSR count). The number of hydrogen-bond donors (Lipinski definition) is 1. The van der Waals surface area contributed by atoms with Gasteiger partial charge in [-0.3, -0.25) is 0 Å². The third-order valence-electron chi connectivity index (χ3n) is 3.57. The molecule has 3 heteroatoms. The summed E-state index contributed by atoms with van der Waals surface area (Å²) in [7, 11) is -1.74. The molecule has 0 bridgehead atoms. The molecule has 0 aliphatic carbocycles. The van der Waals surface area contributed by atoms with E-state index in [-0.39, 0.29) is 23.7 Å². The van der Waals surface area contributed by atoms with Crippen LogP contribution in [0.5, 0.6) is 0 Å². The van der Waals surface area contributed by atoms with Crippen LogP contribution in [0.4, 0.5) is 0 Å². The molecule has 0 saturated carbocycles. The highest BCUT2D eigenvalue weighted by molar-refractivity contribution is 6.74. The molecule has 0 heterocycles. The predicted molar refractivity (Wildman–Crippen MR) is 73.1 cm³/mol. The highest BCUT2D eigenvalue weighted by atomic mass is 28.4. The van der Waals surface area contributed by atoms with E-state index in [1.165, 1.54) is 0 Å². The van der Waals surface area contributed by atoms with E-state index in [0.717, 1.165) is 6.42 Å². The van der Waals surface area contributed by atoms with Gasteiger partial charge < -0.3 is 9.53 Å². The molecule has 0 spiro atoms. The summed E-state index contributed by atoms with van der Waals surface area (Å²) >= 11 is 0. The smallest absolute Gasteiger partial charge is 0.192 e. The van der Waals surface area contributed by atoms with E-state index in [9.17, 15) is 5.11 Å². The minimum Gasteiger partial charge on any atom is -0.413 e. The van der Waals surface area contributed by atoms with Crippen molar-refractivity contribution in [1.82, 2.24) is 0 Å². The molecule has 1 N–H and O–H groups in total. The summed E-state index contributed by atoms with van der Waals surface area (Å²) in [6.07, 6.45) is 2.79. The van der Waals surface area contributed by atoms with Gasteiger partial charge in [0.1, 0.15) is 0 Å². The third kappa shape index (κ3) is 4.40. The predicted octanol–water partition coefficient (Wildman–Crippen LogP) is 3.58. The summed E-state index contributed by atoms with van der Waals surface area (Å²) in [6, 6.07) is 0. The van der Waals surface area contributed by atoms with Crippen LogP contribution in [0.2, 0.25) is 18.1 Å². The zero-order chi connectivity index (χ0) is 13.0. The molecular formula is C13H28O2Si. The average molecular weight is 244 g/mol. The Labute approximate surface area is 102 Å². The lowest BCUT2D eigenvalue weighted by Gasteiger charge is -2.40. The first kappa shape index (κ1) is 15.9. The third-order valence-corrected chi connectivity index (χ3v) is 8.08. The molecule has 16 heavy (non-hydrogen) atoms. The second-order valence-corrected chi connectivity index (χ2v) is 10.9. The lowest BCUT2D eigenvalue weighted by molar-refractivity contribution is 0.0872. The van der Waals surface area contributed by atoms with E-state index in [2.05, 4.69) is 40.4 Å². The number of aliphatic hydroxyl groups is 1. The van der Waals surface area contributed by atoms with Gasteiger partial charge in [0, 0.05) is 12.5 Å². The van der Waals surface area contributed by atoms with Gasteiger partial charge in [-0.25, -0.2) is 0 Å². The van der Waals surface area contributed by atoms with Gasteiger partial charge in [-0.1, -0.05) is 33.8 Å². The molecule has 0 aromatic heterocycles. The van der Waals surface area contributed by atoms with Crippen molar-refractivity contribution < 1.29 is 9.53 Å². The van der Waals surface area contributed by atoms with E-state index in [1.54, 1.807) is 0 Å². The van der Waals surface area contributed by atoms with Gasteiger partial charge in [0.25, 0.3) is 0 Å². The second kappa shape index (κ2) is 5.99. The summed E-state index contributed by atoms with van der Waals surface area (Å²) in [6.45, 7) is 17.1. The molecular weight excluding hydrogens is 216 g/mol. The topological polar surface area (TPSA) is 29.5 Å². The fraction of sp³-hybridized carbons (Fsp3) is 0.846. The summed E-state index contributed by atoms with van der Waals surface area (Å²) in [5, 5.41) is 9.44. The Balaban J connectivity index is 4.68. The van der Waals surface area contributed by atoms with Crippen molar-refractivity contribution in [3.63, 3.8) is 0 Å². The lowest BCUT2D eigenvalue weighted by atomic mass is 10.0. The Kier molecular flexibility index (Phi) is 5.94. The first-order valence-corrected chi connectivity index (χ1v) is 8.96. The SMILES string of the molecule is C=CC[C@H](O[Si](C)(C)C(C)(C)C)[C@H](C)CO. The molecule has 0 fully saturated rings. The zero-order valence-electron chi connectivity index (χ0n) is 11.7. The van der Waals surface area contributed by atoms with Crippen LogP contribution in [-0.4, -0.2) is 26.1 Å². The average Bonchev–Trinajstić information content (AvgIpc) is 2.14. The van der Waals surface area contributed by atoms with Crippen molar-refractivity contribution in [3.8, 4) is 0 Å². The lowest BCUT2D eigenvalue weighted by Crippen LogP contribution is -2.45. The van der Waals surface area contributed by atoms with Gasteiger partial charge >= 0.3 is 0 Å². The van der Waals surface area contributed by atoms with Crippen LogP contribution in [0.3, 0.4) is 0 Å². The Morgan fingerprint density at radius 2 is 1.88 bits per heavy atom. The highest BCUT2D eigenvalue weighted by Crippen LogP contribution is 2.38. The van der Waals surface area contributed by atoms with E-state index in [4.69, 9.17) is 4.43 Å². The summed E-state index contributed by atoms with van der Waals surface area (Å²) in [5.74, 6) is 0.173. The molecule has 0 saturated heterocycles. The Hall–Kier alpha value is -0.123. The van der Waals surface area contributed by atoms with Crippen LogP contribution in [0, 0.1) is 5.92 Å². The van der Waals surface area contributed by atoms with Crippen molar-refractivity contribution in [2.24, 2.45) is 5.92 Å². The van der Waals surface area contributed by atoms with Crippen molar-refractivity contribution in [3.05, 3.63) is 12.7 Å². The normalized spacial score (nSPS) is 16.9. The van der Waals surface area contributed by atoms with Crippen LogP contribution < -0.4 is 0 Å². The fourth-order valence-corrected chi connectivity index (χ4v) is 2.67. The Bertz CT molecular complexity index is 218. The minimum atomic E-state index is -1.74. The maximum Gasteiger partial charge on any atom is 0.192 e. The van der Waals surface area contributed by atoms with Gasteiger partial charge in [-0.15, -0.1) is 6.58 Å². The molecule has 0 aliphatic heterocycles. The van der Waals surface area contributed by atoms with Crippen molar-refractivity contribution in [2.75, 3.05) is 6.61 Å². The van der Waals surface area contributed by atoms with Crippen molar-refractivity contribution >= 4 is 8.32 Å². The fourth-order valence-electron chi connectivity index (χ4n) is 1.23. The molecule has 0 aliphatic rings. The summed E-state index contributed by atoms with van der Waals surface area (Å²) in [5.41, 5.74) is 0. The molecule has 0 aromatic carbocycles. The van der Waals surface area contributed by atoms with Crippen LogP contribution in [-0.2, 0) is 4.43 Å². The molecule has 96 valence electrons. The van der Waals surface area contributed by atoms with Gasteiger partial charge in [0.2, 0.25) is 0 Å². The molecule has 2 nitrogen and oxygen atoms in total. The zero-order valence-corrected chi connectivity index (χ0v) is 12.7. The van der Waals surface area contributed by atoms with Crippen LogP contribution in [0.1, 0.15) is 34.1 Å². The number of aliphatic hydroxyl groups excluding tert-OH is 1. The first-order valence-electron chi connectivity index (χ1n) is 6.05. The van der Waals surface area contributed by atoms with Gasteiger partial charge in [-0.2, -0.15) is 0 Å². The van der Waals surface area contributed by atoms with Crippen molar-refractivity contribution in [2.45, 2.75) is 58.4 Å². The maximum absolute atomic E-state index is 9.23. The molecule has 0 aromatic rings. The maximum atomic E-state index is 9.23. The molecule has 2 atom stereocenters. The number of rotatable bonds is 6. The standard InChI is InChI=1S/C13H28O2Si/c1-8-9-12(11(2)10-14)15-16(6,7)13(3,4)5/h8,11-12,14H,1,9-10H2,2-7H3/t11-,12+/m1/s1. The second-order valence-electron chi connectivity index (χ2n) is 6.10. The van der Waals surface area contributed by atoms with Gasteiger partial charge in [-0.05, 0) is 24.6 Å². The van der Waals surface area contributed by atoms with Crippen LogP contribution >= 0.6 is 0 Å². The highest BCUT2D eigenvalue weighted by Gasteiger charge is 2.39. The minimum absolute atomic E-state index is 0.100. The summed E-state index contributed by atoms with van der Waals surface area (Å²) in [4.78, 5) is 0. The molecule has 0 amide bonds. The van der Waals surface area contributed by atoms with E-state index < -0.39 is 8.32 Å². The van der Waals surface area contributed by atoms with E-state index >= 15 is 0 Å². The largest absolute Gasteiger partial charge is 0.413 e. The first-order chi connectivity index (χ1) is 7.15. The number of hydrogen-bond acceptors (Lipinski definition) is 2. The Morgan fingerprint density at radius 1 is 1.38 bits per heavy atom. The Morgan fingerprint density at radius 3 is 2.19 bits per heavy atom. The molecule has 0 unspecified atom stereocenters. The van der Waals surface area contributed by atoms with Crippen LogP contribution in [0.15, 0.2) is 12.7 Å². The van der Waals surface area contributed by atoms with E-state index in [0.29, 0.717) is 0 Å². The van der Waals surface area contributed by atoms with E-state index in [1.807, 2.05) is 13.0 Å². The van der Waals surface area contributed by atoms with Crippen LogP contribution in [0.25, 0.3) is 0 Å². The monoisotopic (exact) mass is 244 g/mol. The van der Waals surface area contributed by atoms with Gasteiger partial charge in [0.05, 0.1) is 6.10 Å². The van der Waals surface area contributed by atoms with Crippen molar-refractivity contribution in [1.29, 1.82) is 0 Å².